The predicted octanol–water partition coefficient (Wildman–Crippen LogP) is 4.39. The van der Waals surface area contributed by atoms with Crippen molar-refractivity contribution in [2.24, 2.45) is 7.05 Å². The Morgan fingerprint density at radius 2 is 2.04 bits per heavy atom. The van der Waals surface area contributed by atoms with Gasteiger partial charge in [-0.1, -0.05) is 42.1 Å². The molecule has 0 bridgehead atoms. The van der Waals surface area contributed by atoms with Crippen LogP contribution in [0, 0.1) is 0 Å². The second kappa shape index (κ2) is 8.49. The van der Waals surface area contributed by atoms with Gasteiger partial charge in [0.15, 0.2) is 11.0 Å². The lowest BCUT2D eigenvalue weighted by Crippen LogP contribution is -2.28. The standard InChI is InChI=1S/C21H24N4OS2/c1-14(15-8-4-3-5-9-15)22-19(26)13-28-21-24-23-20(25(21)2)17-12-27-18-11-7-6-10-16(17)18/h3-5,8-9,12,14H,6-7,10-11,13H2,1-2H3,(H,22,26). The van der Waals surface area contributed by atoms with E-state index in [0.717, 1.165) is 23.0 Å². The SMILES string of the molecule is CC(NC(=O)CSc1nnc(-c2csc3c2CCCC3)n1C)c1ccccc1. The summed E-state index contributed by atoms with van der Waals surface area (Å²) in [5.74, 6) is 1.23. The van der Waals surface area contributed by atoms with Gasteiger partial charge in [0.2, 0.25) is 5.91 Å². The lowest BCUT2D eigenvalue weighted by molar-refractivity contribution is -0.119. The minimum absolute atomic E-state index is 0.00110. The Morgan fingerprint density at radius 1 is 1.25 bits per heavy atom. The molecule has 0 radical (unpaired) electrons. The van der Waals surface area contributed by atoms with Crippen molar-refractivity contribution in [3.05, 3.63) is 51.7 Å². The number of nitrogens with one attached hydrogen (secondary N) is 1. The van der Waals surface area contributed by atoms with Crippen LogP contribution in [0.25, 0.3) is 11.4 Å². The molecule has 2 aromatic heterocycles. The average Bonchev–Trinajstić information content (AvgIpc) is 3.30. The summed E-state index contributed by atoms with van der Waals surface area (Å²) in [4.78, 5) is 13.8. The fourth-order valence-corrected chi connectivity index (χ4v) is 5.44. The Hall–Kier alpha value is -2.12. The summed E-state index contributed by atoms with van der Waals surface area (Å²) in [7, 11) is 1.98. The molecule has 1 aliphatic rings. The normalized spacial score (nSPS) is 14.5. The summed E-state index contributed by atoms with van der Waals surface area (Å²) in [6.45, 7) is 2.00. The van der Waals surface area contributed by atoms with Crippen molar-refractivity contribution in [2.75, 3.05) is 5.75 Å². The first-order chi connectivity index (χ1) is 13.6. The molecular formula is C21H24N4OS2. The first kappa shape index (κ1) is 19.2. The zero-order chi connectivity index (χ0) is 19.5. The highest BCUT2D eigenvalue weighted by Crippen LogP contribution is 2.36. The van der Waals surface area contributed by atoms with Crippen molar-refractivity contribution in [1.29, 1.82) is 0 Å². The summed E-state index contributed by atoms with van der Waals surface area (Å²) < 4.78 is 2.01. The van der Waals surface area contributed by atoms with Crippen LogP contribution < -0.4 is 5.32 Å². The van der Waals surface area contributed by atoms with E-state index >= 15 is 0 Å². The van der Waals surface area contributed by atoms with Gasteiger partial charge in [0, 0.05) is 22.9 Å². The molecule has 3 aromatic rings. The molecule has 1 unspecified atom stereocenters. The maximum Gasteiger partial charge on any atom is 0.230 e. The number of aryl methyl sites for hydroxylation is 1. The predicted molar refractivity (Wildman–Crippen MR) is 115 cm³/mol. The number of hydrogen-bond acceptors (Lipinski definition) is 5. The quantitative estimate of drug-likeness (QED) is 0.610. The molecule has 5 nitrogen and oxygen atoms in total. The van der Waals surface area contributed by atoms with E-state index in [2.05, 4.69) is 20.9 Å². The molecule has 1 N–H and O–H groups in total. The average molecular weight is 413 g/mol. The molecule has 1 aliphatic carbocycles. The van der Waals surface area contributed by atoms with E-state index in [9.17, 15) is 4.79 Å². The number of nitrogens with zero attached hydrogens (tertiary/aromatic N) is 3. The number of thiophene rings is 1. The van der Waals surface area contributed by atoms with E-state index in [1.165, 1.54) is 47.0 Å². The molecule has 2 heterocycles. The Balaban J connectivity index is 1.40. The molecule has 0 fully saturated rings. The van der Waals surface area contributed by atoms with E-state index < -0.39 is 0 Å². The molecule has 0 spiro atoms. The lowest BCUT2D eigenvalue weighted by Gasteiger charge is -2.14. The summed E-state index contributed by atoms with van der Waals surface area (Å²) >= 11 is 3.26. The van der Waals surface area contributed by atoms with Gasteiger partial charge >= 0.3 is 0 Å². The van der Waals surface area contributed by atoms with Crippen LogP contribution in [0.2, 0.25) is 0 Å². The maximum absolute atomic E-state index is 12.4. The van der Waals surface area contributed by atoms with Crippen molar-refractivity contribution < 1.29 is 4.79 Å². The Kier molecular flexibility index (Phi) is 5.82. The van der Waals surface area contributed by atoms with Gasteiger partial charge in [-0.15, -0.1) is 21.5 Å². The molecule has 1 atom stereocenters. The highest BCUT2D eigenvalue weighted by Gasteiger charge is 2.21. The minimum atomic E-state index is -0.0123. The fraction of sp³-hybridized carbons (Fsp3) is 0.381. The van der Waals surface area contributed by atoms with Gasteiger partial charge < -0.3 is 9.88 Å². The summed E-state index contributed by atoms with van der Waals surface area (Å²) in [6.07, 6.45) is 4.84. The molecule has 146 valence electrons. The molecule has 7 heteroatoms. The summed E-state index contributed by atoms with van der Waals surface area (Å²) in [5.41, 5.74) is 3.76. The summed E-state index contributed by atoms with van der Waals surface area (Å²) in [5, 5.41) is 14.8. The van der Waals surface area contributed by atoms with E-state index in [1.807, 2.05) is 60.2 Å². The third kappa shape index (κ3) is 4.00. The Bertz CT molecular complexity index is 964. The maximum atomic E-state index is 12.4. The van der Waals surface area contributed by atoms with E-state index in [-0.39, 0.29) is 11.9 Å². The molecule has 4 rings (SSSR count). The Morgan fingerprint density at radius 3 is 2.86 bits per heavy atom. The largest absolute Gasteiger partial charge is 0.349 e. The number of hydrogen-bond donors (Lipinski definition) is 1. The van der Waals surface area contributed by atoms with Gasteiger partial charge in [0.05, 0.1) is 11.8 Å². The first-order valence-corrected chi connectivity index (χ1v) is 11.5. The van der Waals surface area contributed by atoms with Gasteiger partial charge in [-0.3, -0.25) is 4.79 Å². The molecule has 1 aromatic carbocycles. The molecule has 0 aliphatic heterocycles. The highest BCUT2D eigenvalue weighted by molar-refractivity contribution is 7.99. The number of carbonyl (C=O) groups excluding carboxylic acids is 1. The number of rotatable bonds is 6. The van der Waals surface area contributed by atoms with E-state index in [4.69, 9.17) is 0 Å². The molecule has 1 amide bonds. The van der Waals surface area contributed by atoms with Crippen LogP contribution in [0.3, 0.4) is 0 Å². The van der Waals surface area contributed by atoms with Crippen LogP contribution in [0.1, 0.15) is 41.8 Å². The second-order valence-corrected chi connectivity index (χ2v) is 9.02. The van der Waals surface area contributed by atoms with Gasteiger partial charge in [-0.05, 0) is 43.7 Å². The van der Waals surface area contributed by atoms with Crippen LogP contribution in [0.4, 0.5) is 0 Å². The van der Waals surface area contributed by atoms with Crippen molar-refractivity contribution in [1.82, 2.24) is 20.1 Å². The van der Waals surface area contributed by atoms with Crippen molar-refractivity contribution in [2.45, 2.75) is 43.8 Å². The number of thioether (sulfide) groups is 1. The molecule has 28 heavy (non-hydrogen) atoms. The van der Waals surface area contributed by atoms with Crippen molar-refractivity contribution in [3.63, 3.8) is 0 Å². The van der Waals surface area contributed by atoms with Gasteiger partial charge in [0.25, 0.3) is 0 Å². The second-order valence-electron chi connectivity index (χ2n) is 7.11. The van der Waals surface area contributed by atoms with E-state index in [1.54, 1.807) is 0 Å². The number of carbonyl (C=O) groups is 1. The van der Waals surface area contributed by atoms with Gasteiger partial charge in [-0.25, -0.2) is 0 Å². The lowest BCUT2D eigenvalue weighted by atomic mass is 9.96. The minimum Gasteiger partial charge on any atom is -0.349 e. The third-order valence-corrected chi connectivity index (χ3v) is 7.26. The molecule has 0 saturated heterocycles. The van der Waals surface area contributed by atoms with Crippen LogP contribution >= 0.6 is 23.1 Å². The first-order valence-electron chi connectivity index (χ1n) is 9.59. The van der Waals surface area contributed by atoms with Crippen LogP contribution in [-0.2, 0) is 24.7 Å². The monoisotopic (exact) mass is 412 g/mol. The number of fused-ring (bicyclic) bond motifs is 1. The third-order valence-electron chi connectivity index (χ3n) is 5.15. The van der Waals surface area contributed by atoms with Gasteiger partial charge in [0.1, 0.15) is 0 Å². The van der Waals surface area contributed by atoms with Gasteiger partial charge in [-0.2, -0.15) is 0 Å². The molecular weight excluding hydrogens is 388 g/mol. The zero-order valence-corrected chi connectivity index (χ0v) is 17.8. The fourth-order valence-electron chi connectivity index (χ4n) is 3.59. The number of aromatic nitrogens is 3. The molecule has 0 saturated carbocycles. The van der Waals surface area contributed by atoms with Crippen molar-refractivity contribution in [3.8, 4) is 11.4 Å². The van der Waals surface area contributed by atoms with Crippen LogP contribution in [-0.4, -0.2) is 26.4 Å². The highest BCUT2D eigenvalue weighted by atomic mass is 32.2. The number of benzene rings is 1. The van der Waals surface area contributed by atoms with Crippen LogP contribution in [0.15, 0.2) is 40.9 Å². The Labute approximate surface area is 173 Å². The topological polar surface area (TPSA) is 59.8 Å². The zero-order valence-electron chi connectivity index (χ0n) is 16.1. The van der Waals surface area contributed by atoms with Crippen molar-refractivity contribution >= 4 is 29.0 Å². The van der Waals surface area contributed by atoms with Crippen LogP contribution in [0.5, 0.6) is 0 Å². The van der Waals surface area contributed by atoms with E-state index in [0.29, 0.717) is 5.75 Å². The smallest absolute Gasteiger partial charge is 0.230 e. The number of amides is 1. The summed E-state index contributed by atoms with van der Waals surface area (Å²) in [6, 6.07) is 9.98.